The molecule has 0 radical (unpaired) electrons. The van der Waals surface area contributed by atoms with E-state index >= 15 is 0 Å². The van der Waals surface area contributed by atoms with Gasteiger partial charge < -0.3 is 9.47 Å². The Hall–Kier alpha value is -1.28. The van der Waals surface area contributed by atoms with Crippen molar-refractivity contribution >= 4 is 6.08 Å². The van der Waals surface area contributed by atoms with Gasteiger partial charge in [-0.2, -0.15) is 0 Å². The lowest BCUT2D eigenvalue weighted by Crippen LogP contribution is -2.36. The van der Waals surface area contributed by atoms with E-state index < -0.39 is 0 Å². The lowest BCUT2D eigenvalue weighted by atomic mass is 9.99. The third-order valence-electron chi connectivity index (χ3n) is 2.87. The van der Waals surface area contributed by atoms with Crippen LogP contribution >= 0.6 is 0 Å². The number of rotatable bonds is 3. The molecular weight excluding hydrogens is 200 g/mol. The fraction of sp³-hybridized carbons (Fsp3) is 0.429. The van der Waals surface area contributed by atoms with Crippen LogP contribution in [-0.4, -0.2) is 19.3 Å². The van der Waals surface area contributed by atoms with Crippen LogP contribution in [-0.2, 0) is 11.2 Å². The van der Waals surface area contributed by atoms with Crippen molar-refractivity contribution in [3.05, 3.63) is 35.4 Å². The Labute approximate surface area is 96.9 Å². The molecule has 1 aromatic carbocycles. The number of methoxy groups -OCH3 is 1. The summed E-state index contributed by atoms with van der Waals surface area (Å²) in [6, 6.07) is 6.34. The van der Waals surface area contributed by atoms with Gasteiger partial charge in [0.05, 0.1) is 6.61 Å². The smallest absolute Gasteiger partial charge is 0.148 e. The van der Waals surface area contributed by atoms with E-state index in [2.05, 4.69) is 31.2 Å². The number of aryl methyl sites for hydroxylation is 1. The van der Waals surface area contributed by atoms with Gasteiger partial charge >= 0.3 is 0 Å². The molecule has 86 valence electrons. The zero-order valence-corrected chi connectivity index (χ0v) is 10.1. The molecule has 0 saturated carbocycles. The molecule has 16 heavy (non-hydrogen) atoms. The zero-order chi connectivity index (χ0) is 11.6. The van der Waals surface area contributed by atoms with Crippen LogP contribution in [0.1, 0.15) is 25.0 Å². The molecule has 0 fully saturated rings. The first-order valence-corrected chi connectivity index (χ1v) is 5.67. The van der Waals surface area contributed by atoms with Gasteiger partial charge in [-0.1, -0.05) is 19.1 Å². The van der Waals surface area contributed by atoms with Crippen LogP contribution < -0.4 is 4.74 Å². The summed E-state index contributed by atoms with van der Waals surface area (Å²) in [5.74, 6) is 0.944. The second-order valence-corrected chi connectivity index (χ2v) is 4.41. The molecule has 0 aromatic heterocycles. The van der Waals surface area contributed by atoms with Crippen molar-refractivity contribution in [3.63, 3.8) is 0 Å². The largest absolute Gasteiger partial charge is 0.480 e. The average Bonchev–Trinajstić information content (AvgIpc) is 2.28. The number of benzene rings is 1. The van der Waals surface area contributed by atoms with Gasteiger partial charge in [-0.05, 0) is 37.1 Å². The molecular formula is C14H18O2. The average molecular weight is 218 g/mol. The summed E-state index contributed by atoms with van der Waals surface area (Å²) in [6.45, 7) is 4.76. The highest BCUT2D eigenvalue weighted by Gasteiger charge is 2.27. The van der Waals surface area contributed by atoms with Crippen LogP contribution in [0.25, 0.3) is 6.08 Å². The fourth-order valence-electron chi connectivity index (χ4n) is 1.96. The van der Waals surface area contributed by atoms with E-state index in [-0.39, 0.29) is 5.60 Å². The minimum Gasteiger partial charge on any atom is -0.480 e. The molecule has 1 aromatic rings. The summed E-state index contributed by atoms with van der Waals surface area (Å²) < 4.78 is 11.1. The van der Waals surface area contributed by atoms with Crippen molar-refractivity contribution in [2.45, 2.75) is 25.9 Å². The van der Waals surface area contributed by atoms with Crippen molar-refractivity contribution in [1.82, 2.24) is 0 Å². The Balaban J connectivity index is 2.29. The molecule has 1 unspecified atom stereocenters. The predicted octanol–water partition coefficient (Wildman–Crippen LogP) is 3.06. The van der Waals surface area contributed by atoms with Gasteiger partial charge in [0, 0.05) is 12.7 Å². The maximum Gasteiger partial charge on any atom is 0.148 e. The molecule has 1 heterocycles. The van der Waals surface area contributed by atoms with Crippen LogP contribution in [0.5, 0.6) is 5.75 Å². The molecule has 1 aliphatic heterocycles. The zero-order valence-electron chi connectivity index (χ0n) is 10.1. The summed E-state index contributed by atoms with van der Waals surface area (Å²) in [4.78, 5) is 0. The van der Waals surface area contributed by atoms with Gasteiger partial charge in [-0.25, -0.2) is 0 Å². The lowest BCUT2D eigenvalue weighted by Gasteiger charge is -2.31. The van der Waals surface area contributed by atoms with Crippen molar-refractivity contribution in [3.8, 4) is 5.75 Å². The third-order valence-corrected chi connectivity index (χ3v) is 2.87. The molecule has 1 atom stereocenters. The first-order chi connectivity index (χ1) is 7.67. The minimum atomic E-state index is -0.338. The van der Waals surface area contributed by atoms with E-state index in [9.17, 15) is 0 Å². The Bertz CT molecular complexity index is 409. The number of hydrogen-bond donors (Lipinski definition) is 0. The standard InChI is InChI=1S/C14H18O2/c1-4-11-5-6-13-12(9-11)7-8-14(2,16-13)10-15-3/h5-9H,4,10H2,1-3H3. The highest BCUT2D eigenvalue weighted by Crippen LogP contribution is 2.31. The Morgan fingerprint density at radius 1 is 1.38 bits per heavy atom. The molecule has 0 amide bonds. The Morgan fingerprint density at radius 3 is 2.88 bits per heavy atom. The molecule has 0 saturated heterocycles. The summed E-state index contributed by atoms with van der Waals surface area (Å²) in [7, 11) is 1.69. The van der Waals surface area contributed by atoms with Gasteiger partial charge in [0.15, 0.2) is 0 Å². The second kappa shape index (κ2) is 4.30. The monoisotopic (exact) mass is 218 g/mol. The summed E-state index contributed by atoms with van der Waals surface area (Å²) >= 11 is 0. The van der Waals surface area contributed by atoms with Gasteiger partial charge in [-0.3, -0.25) is 0 Å². The van der Waals surface area contributed by atoms with Crippen LogP contribution in [0.2, 0.25) is 0 Å². The number of ether oxygens (including phenoxy) is 2. The van der Waals surface area contributed by atoms with E-state index in [1.54, 1.807) is 7.11 Å². The highest BCUT2D eigenvalue weighted by atomic mass is 16.5. The quantitative estimate of drug-likeness (QED) is 0.776. The molecule has 2 heteroatoms. The SMILES string of the molecule is CCc1ccc2c(c1)C=CC(C)(COC)O2. The van der Waals surface area contributed by atoms with Crippen molar-refractivity contribution in [2.75, 3.05) is 13.7 Å². The maximum atomic E-state index is 5.95. The maximum absolute atomic E-state index is 5.95. The predicted molar refractivity (Wildman–Crippen MR) is 65.8 cm³/mol. The number of hydrogen-bond acceptors (Lipinski definition) is 2. The van der Waals surface area contributed by atoms with E-state index in [4.69, 9.17) is 9.47 Å². The van der Waals surface area contributed by atoms with Gasteiger partial charge in [0.1, 0.15) is 11.4 Å². The summed E-state index contributed by atoms with van der Waals surface area (Å²) in [5.41, 5.74) is 2.16. The summed E-state index contributed by atoms with van der Waals surface area (Å²) in [5, 5.41) is 0. The van der Waals surface area contributed by atoms with Crippen LogP contribution in [0.3, 0.4) is 0 Å². The lowest BCUT2D eigenvalue weighted by molar-refractivity contribution is 0.0378. The van der Waals surface area contributed by atoms with Crippen LogP contribution in [0, 0.1) is 0 Å². The second-order valence-electron chi connectivity index (χ2n) is 4.41. The van der Waals surface area contributed by atoms with Gasteiger partial charge in [0.2, 0.25) is 0 Å². The molecule has 2 nitrogen and oxygen atoms in total. The van der Waals surface area contributed by atoms with Crippen LogP contribution in [0.4, 0.5) is 0 Å². The van der Waals surface area contributed by atoms with Crippen molar-refractivity contribution in [1.29, 1.82) is 0 Å². The molecule has 0 spiro atoms. The van der Waals surface area contributed by atoms with Gasteiger partial charge in [0.25, 0.3) is 0 Å². The van der Waals surface area contributed by atoms with Crippen molar-refractivity contribution in [2.24, 2.45) is 0 Å². The van der Waals surface area contributed by atoms with Gasteiger partial charge in [-0.15, -0.1) is 0 Å². The first kappa shape index (κ1) is 11.2. The van der Waals surface area contributed by atoms with E-state index in [0.717, 1.165) is 17.7 Å². The van der Waals surface area contributed by atoms with Crippen molar-refractivity contribution < 1.29 is 9.47 Å². The molecule has 0 aliphatic carbocycles. The van der Waals surface area contributed by atoms with E-state index in [1.807, 2.05) is 13.0 Å². The van der Waals surface area contributed by atoms with E-state index in [0.29, 0.717) is 6.61 Å². The third kappa shape index (κ3) is 2.12. The summed E-state index contributed by atoms with van der Waals surface area (Å²) in [6.07, 6.45) is 5.24. The number of fused-ring (bicyclic) bond motifs is 1. The molecule has 1 aliphatic rings. The Morgan fingerprint density at radius 2 is 2.19 bits per heavy atom. The first-order valence-electron chi connectivity index (χ1n) is 5.67. The molecule has 0 bridgehead atoms. The minimum absolute atomic E-state index is 0.338. The fourth-order valence-corrected chi connectivity index (χ4v) is 1.96. The van der Waals surface area contributed by atoms with E-state index in [1.165, 1.54) is 5.56 Å². The Kier molecular flexibility index (Phi) is 3.01. The highest BCUT2D eigenvalue weighted by molar-refractivity contribution is 5.61. The molecule has 0 N–H and O–H groups in total. The van der Waals surface area contributed by atoms with Crippen LogP contribution in [0.15, 0.2) is 24.3 Å². The topological polar surface area (TPSA) is 18.5 Å². The normalized spacial score (nSPS) is 22.7. The molecule has 2 rings (SSSR count).